The molecular formula is C33H43N3O4S. The van der Waals surface area contributed by atoms with Crippen molar-refractivity contribution in [1.29, 1.82) is 0 Å². The van der Waals surface area contributed by atoms with Crippen molar-refractivity contribution >= 4 is 27.3 Å². The number of sulfonamides is 1. The van der Waals surface area contributed by atoms with Crippen molar-refractivity contribution in [2.75, 3.05) is 37.0 Å². The van der Waals surface area contributed by atoms with E-state index in [1.165, 1.54) is 4.31 Å². The van der Waals surface area contributed by atoms with Gasteiger partial charge in [-0.1, -0.05) is 52.0 Å². The van der Waals surface area contributed by atoms with Gasteiger partial charge in [0.1, 0.15) is 12.3 Å². The molecule has 0 spiro atoms. The van der Waals surface area contributed by atoms with E-state index in [9.17, 15) is 13.2 Å². The average molecular weight is 578 g/mol. The number of hydrogen-bond donors (Lipinski definition) is 0. The zero-order valence-corrected chi connectivity index (χ0v) is 26.2. The van der Waals surface area contributed by atoms with Crippen LogP contribution in [0, 0.1) is 0 Å². The first-order chi connectivity index (χ1) is 19.3. The highest BCUT2D eigenvalue weighted by Crippen LogP contribution is 2.32. The maximum atomic E-state index is 14.2. The number of carbonyl (C=O) groups is 1. The van der Waals surface area contributed by atoms with E-state index in [1.807, 2.05) is 66.4 Å². The Bertz CT molecular complexity index is 1450. The molecule has 41 heavy (non-hydrogen) atoms. The molecule has 220 valence electrons. The summed E-state index contributed by atoms with van der Waals surface area (Å²) in [6, 6.07) is 20.4. The Kier molecular flexibility index (Phi) is 9.02. The lowest BCUT2D eigenvalue weighted by Crippen LogP contribution is -2.43. The quantitative estimate of drug-likeness (QED) is 0.279. The van der Waals surface area contributed by atoms with Crippen LogP contribution >= 0.6 is 0 Å². The number of hydrogen-bond acceptors (Lipinski definition) is 5. The molecule has 0 unspecified atom stereocenters. The van der Waals surface area contributed by atoms with Gasteiger partial charge in [-0.2, -0.15) is 0 Å². The summed E-state index contributed by atoms with van der Waals surface area (Å²) in [4.78, 5) is 17.9. The molecule has 0 aromatic heterocycles. The van der Waals surface area contributed by atoms with E-state index in [4.69, 9.17) is 4.74 Å². The Hall–Kier alpha value is -3.52. The number of rotatable bonds is 11. The first-order valence-corrected chi connectivity index (χ1v) is 15.6. The highest BCUT2D eigenvalue weighted by Gasteiger charge is 2.36. The molecule has 0 radical (unpaired) electrons. The second-order valence-electron chi connectivity index (χ2n) is 12.0. The number of benzene rings is 3. The summed E-state index contributed by atoms with van der Waals surface area (Å²) in [5.74, 6) is 0.532. The highest BCUT2D eigenvalue weighted by molar-refractivity contribution is 7.92. The highest BCUT2D eigenvalue weighted by atomic mass is 32.2. The minimum Gasteiger partial charge on any atom is -0.497 e. The van der Waals surface area contributed by atoms with Gasteiger partial charge in [0, 0.05) is 32.4 Å². The van der Waals surface area contributed by atoms with Gasteiger partial charge in [-0.15, -0.1) is 0 Å². The fourth-order valence-electron chi connectivity index (χ4n) is 4.85. The van der Waals surface area contributed by atoms with E-state index >= 15 is 0 Å². The minimum absolute atomic E-state index is 0.0995. The number of methoxy groups -OCH3 is 1. The fraction of sp³-hybridized carbons (Fsp3) is 0.424. The molecule has 3 aromatic carbocycles. The molecule has 0 aliphatic heterocycles. The molecule has 8 heteroatoms. The molecule has 0 heterocycles. The number of ether oxygens (including phenoxy) is 1. The number of amides is 1. The van der Waals surface area contributed by atoms with Crippen LogP contribution in [0.2, 0.25) is 0 Å². The van der Waals surface area contributed by atoms with Crippen LogP contribution in [0.3, 0.4) is 0 Å². The Morgan fingerprint density at radius 1 is 0.927 bits per heavy atom. The van der Waals surface area contributed by atoms with Gasteiger partial charge in [0.25, 0.3) is 10.0 Å². The van der Waals surface area contributed by atoms with Crippen molar-refractivity contribution in [3.63, 3.8) is 0 Å². The third-order valence-corrected chi connectivity index (χ3v) is 9.34. The maximum Gasteiger partial charge on any atom is 0.264 e. The summed E-state index contributed by atoms with van der Waals surface area (Å²) < 4.78 is 35.1. The zero-order valence-electron chi connectivity index (χ0n) is 25.3. The molecule has 0 saturated heterocycles. The molecule has 1 aliphatic carbocycles. The van der Waals surface area contributed by atoms with Gasteiger partial charge < -0.3 is 14.5 Å². The van der Waals surface area contributed by atoms with E-state index < -0.39 is 10.0 Å². The molecule has 3 aromatic rings. The summed E-state index contributed by atoms with van der Waals surface area (Å²) in [7, 11) is 1.41. The molecular weight excluding hydrogens is 534 g/mol. The summed E-state index contributed by atoms with van der Waals surface area (Å²) in [5.41, 5.74) is 4.34. The van der Waals surface area contributed by atoms with Crippen molar-refractivity contribution in [2.45, 2.75) is 69.9 Å². The first-order valence-electron chi connectivity index (χ1n) is 14.2. The smallest absolute Gasteiger partial charge is 0.264 e. The van der Waals surface area contributed by atoms with Gasteiger partial charge in [-0.25, -0.2) is 8.42 Å². The topological polar surface area (TPSA) is 70.2 Å². The monoisotopic (exact) mass is 577 g/mol. The molecule has 0 atom stereocenters. The second-order valence-corrected chi connectivity index (χ2v) is 13.9. The van der Waals surface area contributed by atoms with Crippen LogP contribution in [-0.2, 0) is 33.2 Å². The summed E-state index contributed by atoms with van der Waals surface area (Å²) in [6.07, 6.45) is 2.67. The number of aryl methyl sites for hydroxylation is 1. The van der Waals surface area contributed by atoms with Crippen molar-refractivity contribution in [1.82, 2.24) is 4.90 Å². The van der Waals surface area contributed by atoms with Gasteiger partial charge in [0.05, 0.1) is 17.7 Å². The summed E-state index contributed by atoms with van der Waals surface area (Å²) in [5, 5.41) is 0. The van der Waals surface area contributed by atoms with E-state index in [0.29, 0.717) is 12.2 Å². The summed E-state index contributed by atoms with van der Waals surface area (Å²) in [6.45, 7) is 8.47. The first kappa shape index (κ1) is 30.4. The normalized spacial score (nSPS) is 13.5. The summed E-state index contributed by atoms with van der Waals surface area (Å²) >= 11 is 0. The van der Waals surface area contributed by atoms with E-state index in [-0.39, 0.29) is 28.8 Å². The molecule has 0 N–H and O–H groups in total. The van der Waals surface area contributed by atoms with Crippen LogP contribution in [0.4, 0.5) is 11.4 Å². The van der Waals surface area contributed by atoms with E-state index in [2.05, 4.69) is 33.8 Å². The van der Waals surface area contributed by atoms with Crippen molar-refractivity contribution in [3.8, 4) is 5.75 Å². The zero-order chi connectivity index (χ0) is 29.9. The van der Waals surface area contributed by atoms with Crippen LogP contribution < -0.4 is 13.9 Å². The van der Waals surface area contributed by atoms with Gasteiger partial charge >= 0.3 is 0 Å². The molecule has 1 fully saturated rings. The van der Waals surface area contributed by atoms with Gasteiger partial charge in [0.15, 0.2) is 0 Å². The Labute approximate surface area is 245 Å². The molecule has 1 amide bonds. The van der Waals surface area contributed by atoms with Crippen LogP contribution in [0.25, 0.3) is 0 Å². The standard InChI is InChI=1S/C33H43N3O4S/c1-8-24-18-25(20-30(19-24)40-7)22-35(27-14-15-27)32(37)23-36(29-11-9-10-28(21-29)34(5)6)41(38,39)31-16-12-26(13-17-31)33(2,3)4/h9-13,16-21,27H,8,14-15,22-23H2,1-7H3. The van der Waals surface area contributed by atoms with Crippen molar-refractivity contribution < 1.29 is 17.9 Å². The number of nitrogens with zero attached hydrogens (tertiary/aromatic N) is 3. The van der Waals surface area contributed by atoms with Gasteiger partial charge in [-0.05, 0) is 83.8 Å². The lowest BCUT2D eigenvalue weighted by molar-refractivity contribution is -0.130. The van der Waals surface area contributed by atoms with Crippen molar-refractivity contribution in [2.24, 2.45) is 0 Å². The Balaban J connectivity index is 1.71. The van der Waals surface area contributed by atoms with Crippen LogP contribution in [0.15, 0.2) is 71.6 Å². The predicted molar refractivity (Wildman–Crippen MR) is 166 cm³/mol. The SMILES string of the molecule is CCc1cc(CN(C(=O)CN(c2cccc(N(C)C)c2)S(=O)(=O)c2ccc(C(C)(C)C)cc2)C2CC2)cc(OC)c1. The lowest BCUT2D eigenvalue weighted by atomic mass is 9.87. The minimum atomic E-state index is -4.04. The van der Waals surface area contributed by atoms with Crippen LogP contribution in [0.1, 0.15) is 57.2 Å². The molecule has 1 aliphatic rings. The molecule has 0 bridgehead atoms. The van der Waals surface area contributed by atoms with Gasteiger partial charge in [-0.3, -0.25) is 9.10 Å². The number of carbonyl (C=O) groups excluding carboxylic acids is 1. The predicted octanol–water partition coefficient (Wildman–Crippen LogP) is 6.01. The molecule has 4 rings (SSSR count). The third-order valence-electron chi connectivity index (χ3n) is 7.55. The maximum absolute atomic E-state index is 14.2. The lowest BCUT2D eigenvalue weighted by Gasteiger charge is -2.30. The Morgan fingerprint density at radius 2 is 1.56 bits per heavy atom. The molecule has 7 nitrogen and oxygen atoms in total. The second kappa shape index (κ2) is 12.1. The average Bonchev–Trinajstić information content (AvgIpc) is 3.79. The van der Waals surface area contributed by atoms with E-state index in [1.54, 1.807) is 25.3 Å². The van der Waals surface area contributed by atoms with Crippen molar-refractivity contribution in [3.05, 3.63) is 83.4 Å². The van der Waals surface area contributed by atoms with E-state index in [0.717, 1.165) is 47.4 Å². The largest absolute Gasteiger partial charge is 0.497 e. The fourth-order valence-corrected chi connectivity index (χ4v) is 6.26. The number of anilines is 2. The van der Waals surface area contributed by atoms with Gasteiger partial charge in [0.2, 0.25) is 5.91 Å². The third kappa shape index (κ3) is 7.22. The molecule has 1 saturated carbocycles. The Morgan fingerprint density at radius 3 is 2.12 bits per heavy atom. The van der Waals surface area contributed by atoms with Crippen LogP contribution in [0.5, 0.6) is 5.75 Å². The van der Waals surface area contributed by atoms with Crippen LogP contribution in [-0.4, -0.2) is 53.0 Å².